The van der Waals surface area contributed by atoms with Gasteiger partial charge in [-0.25, -0.2) is 4.98 Å². The first-order valence-electron chi connectivity index (χ1n) is 6.53. The number of nitrogens with one attached hydrogen (secondary N) is 1. The molecular formula is C15H20N2OS. The Morgan fingerprint density at radius 3 is 2.74 bits per heavy atom. The number of hydrogen-bond donors (Lipinski definition) is 1. The zero-order chi connectivity index (χ0) is 13.7. The predicted molar refractivity (Wildman–Crippen MR) is 79.4 cm³/mol. The highest BCUT2D eigenvalue weighted by Gasteiger charge is 2.04. The van der Waals surface area contributed by atoms with Crippen molar-refractivity contribution in [2.45, 2.75) is 38.1 Å². The Labute approximate surface area is 118 Å². The van der Waals surface area contributed by atoms with Gasteiger partial charge in [0.1, 0.15) is 11.5 Å². The highest BCUT2D eigenvalue weighted by atomic mass is 32.2. The van der Waals surface area contributed by atoms with Crippen molar-refractivity contribution in [2.24, 2.45) is 0 Å². The molecule has 0 radical (unpaired) electrons. The second-order valence-electron chi connectivity index (χ2n) is 4.56. The number of rotatable bonds is 6. The third-order valence-electron chi connectivity index (χ3n) is 2.70. The maximum absolute atomic E-state index is 5.76. The van der Waals surface area contributed by atoms with E-state index in [1.54, 1.807) is 11.8 Å². The van der Waals surface area contributed by atoms with Crippen molar-refractivity contribution in [2.75, 3.05) is 6.54 Å². The van der Waals surface area contributed by atoms with E-state index in [1.165, 1.54) is 5.56 Å². The second kappa shape index (κ2) is 6.78. The average Bonchev–Trinajstić information content (AvgIpc) is 2.81. The number of nitrogens with zero attached hydrogens (tertiary/aromatic N) is 1. The topological polar surface area (TPSA) is 38.1 Å². The fourth-order valence-corrected chi connectivity index (χ4v) is 2.79. The van der Waals surface area contributed by atoms with Crippen LogP contribution in [0.5, 0.6) is 0 Å². The highest BCUT2D eigenvalue weighted by molar-refractivity contribution is 7.98. The molecule has 0 aromatic carbocycles. The predicted octanol–water partition coefficient (Wildman–Crippen LogP) is 3.69. The van der Waals surface area contributed by atoms with Crippen molar-refractivity contribution in [1.82, 2.24) is 10.3 Å². The summed E-state index contributed by atoms with van der Waals surface area (Å²) in [5.74, 6) is 2.81. The van der Waals surface area contributed by atoms with E-state index in [0.717, 1.165) is 41.1 Å². The molecule has 0 fully saturated rings. The fourth-order valence-electron chi connectivity index (χ4n) is 1.87. The molecule has 0 bridgehead atoms. The Morgan fingerprint density at radius 2 is 2.00 bits per heavy atom. The highest BCUT2D eigenvalue weighted by Crippen LogP contribution is 2.23. The van der Waals surface area contributed by atoms with Gasteiger partial charge in [0.15, 0.2) is 0 Å². The van der Waals surface area contributed by atoms with Gasteiger partial charge in [0, 0.05) is 5.69 Å². The summed E-state index contributed by atoms with van der Waals surface area (Å²) in [5, 5.41) is 4.31. The minimum Gasteiger partial charge on any atom is -0.464 e. The molecule has 0 atom stereocenters. The van der Waals surface area contributed by atoms with Gasteiger partial charge in [-0.1, -0.05) is 18.7 Å². The van der Waals surface area contributed by atoms with Crippen molar-refractivity contribution in [1.29, 1.82) is 0 Å². The average molecular weight is 276 g/mol. The van der Waals surface area contributed by atoms with Crippen molar-refractivity contribution < 1.29 is 4.42 Å². The van der Waals surface area contributed by atoms with Crippen LogP contribution in [0.15, 0.2) is 33.7 Å². The summed E-state index contributed by atoms with van der Waals surface area (Å²) in [6.07, 6.45) is 0. The number of aryl methyl sites for hydroxylation is 2. The summed E-state index contributed by atoms with van der Waals surface area (Å²) in [4.78, 5) is 4.51. The SMILES string of the molecule is CCNCc1ccc(CSc2cc(C)cc(C)n2)o1. The molecule has 0 spiro atoms. The smallest absolute Gasteiger partial charge is 0.117 e. The summed E-state index contributed by atoms with van der Waals surface area (Å²) in [6, 6.07) is 8.28. The Kier molecular flexibility index (Phi) is 5.05. The van der Waals surface area contributed by atoms with E-state index < -0.39 is 0 Å². The van der Waals surface area contributed by atoms with Crippen LogP contribution < -0.4 is 5.32 Å². The second-order valence-corrected chi connectivity index (χ2v) is 5.56. The molecule has 2 rings (SSSR count). The van der Waals surface area contributed by atoms with Gasteiger partial charge >= 0.3 is 0 Å². The van der Waals surface area contributed by atoms with E-state index in [4.69, 9.17) is 4.42 Å². The minimum absolute atomic E-state index is 0.795. The number of pyridine rings is 1. The van der Waals surface area contributed by atoms with Crippen LogP contribution >= 0.6 is 11.8 Å². The lowest BCUT2D eigenvalue weighted by Gasteiger charge is -2.02. The molecule has 2 aromatic heterocycles. The summed E-state index contributed by atoms with van der Waals surface area (Å²) >= 11 is 1.71. The van der Waals surface area contributed by atoms with Gasteiger partial charge in [0.2, 0.25) is 0 Å². The zero-order valence-corrected chi connectivity index (χ0v) is 12.5. The van der Waals surface area contributed by atoms with E-state index in [-0.39, 0.29) is 0 Å². The van der Waals surface area contributed by atoms with Crippen molar-refractivity contribution >= 4 is 11.8 Å². The molecule has 0 aliphatic heterocycles. The normalized spacial score (nSPS) is 10.9. The minimum atomic E-state index is 0.795. The van der Waals surface area contributed by atoms with Crippen LogP contribution in [0.4, 0.5) is 0 Å². The lowest BCUT2D eigenvalue weighted by Crippen LogP contribution is -2.10. The molecule has 0 aliphatic rings. The molecule has 1 N–H and O–H groups in total. The molecule has 0 saturated heterocycles. The molecule has 0 aliphatic carbocycles. The van der Waals surface area contributed by atoms with Gasteiger partial charge < -0.3 is 9.73 Å². The Morgan fingerprint density at radius 1 is 1.21 bits per heavy atom. The van der Waals surface area contributed by atoms with Crippen LogP contribution in [0.3, 0.4) is 0 Å². The third kappa shape index (κ3) is 4.40. The van der Waals surface area contributed by atoms with E-state index in [0.29, 0.717) is 0 Å². The summed E-state index contributed by atoms with van der Waals surface area (Å²) in [7, 11) is 0. The molecule has 102 valence electrons. The van der Waals surface area contributed by atoms with Crippen LogP contribution in [0, 0.1) is 13.8 Å². The number of thioether (sulfide) groups is 1. The first kappa shape index (κ1) is 14.2. The summed E-state index contributed by atoms with van der Waals surface area (Å²) in [6.45, 7) is 7.96. The molecule has 4 heteroatoms. The van der Waals surface area contributed by atoms with Crippen LogP contribution in [-0.2, 0) is 12.3 Å². The van der Waals surface area contributed by atoms with E-state index in [2.05, 4.69) is 36.3 Å². The largest absolute Gasteiger partial charge is 0.464 e. The lowest BCUT2D eigenvalue weighted by molar-refractivity contribution is 0.463. The standard InChI is InChI=1S/C15H20N2OS/c1-4-16-9-13-5-6-14(18-13)10-19-15-8-11(2)7-12(3)17-15/h5-8,16H,4,9-10H2,1-3H3. The monoisotopic (exact) mass is 276 g/mol. The van der Waals surface area contributed by atoms with Crippen LogP contribution in [0.2, 0.25) is 0 Å². The molecular weight excluding hydrogens is 256 g/mol. The zero-order valence-electron chi connectivity index (χ0n) is 11.7. The first-order valence-corrected chi connectivity index (χ1v) is 7.52. The van der Waals surface area contributed by atoms with Crippen molar-refractivity contribution in [3.63, 3.8) is 0 Å². The Bertz CT molecular complexity index is 516. The van der Waals surface area contributed by atoms with E-state index >= 15 is 0 Å². The lowest BCUT2D eigenvalue weighted by atomic mass is 10.3. The summed E-state index contributed by atoms with van der Waals surface area (Å²) in [5.41, 5.74) is 2.32. The van der Waals surface area contributed by atoms with Crippen molar-refractivity contribution in [3.8, 4) is 0 Å². The fraction of sp³-hybridized carbons (Fsp3) is 0.400. The van der Waals surface area contributed by atoms with Gasteiger partial charge in [-0.05, 0) is 50.2 Å². The van der Waals surface area contributed by atoms with Crippen LogP contribution in [0.25, 0.3) is 0 Å². The van der Waals surface area contributed by atoms with E-state index in [9.17, 15) is 0 Å². The maximum Gasteiger partial charge on any atom is 0.117 e. The van der Waals surface area contributed by atoms with Gasteiger partial charge in [-0.3, -0.25) is 0 Å². The molecule has 0 amide bonds. The molecule has 2 heterocycles. The van der Waals surface area contributed by atoms with Gasteiger partial charge in [-0.15, -0.1) is 0 Å². The first-order chi connectivity index (χ1) is 9.17. The van der Waals surface area contributed by atoms with E-state index in [1.807, 2.05) is 19.1 Å². The number of hydrogen-bond acceptors (Lipinski definition) is 4. The molecule has 2 aromatic rings. The molecule has 0 saturated carbocycles. The molecule has 0 unspecified atom stereocenters. The number of aromatic nitrogens is 1. The van der Waals surface area contributed by atoms with Gasteiger partial charge in [0.05, 0.1) is 17.3 Å². The third-order valence-corrected chi connectivity index (χ3v) is 3.64. The Balaban J connectivity index is 1.92. The molecule has 19 heavy (non-hydrogen) atoms. The van der Waals surface area contributed by atoms with Gasteiger partial charge in [-0.2, -0.15) is 0 Å². The van der Waals surface area contributed by atoms with Crippen LogP contribution in [-0.4, -0.2) is 11.5 Å². The van der Waals surface area contributed by atoms with Gasteiger partial charge in [0.25, 0.3) is 0 Å². The summed E-state index contributed by atoms with van der Waals surface area (Å²) < 4.78 is 5.76. The Hall–Kier alpha value is -1.26. The van der Waals surface area contributed by atoms with Crippen molar-refractivity contribution in [3.05, 3.63) is 47.0 Å². The maximum atomic E-state index is 5.76. The molecule has 3 nitrogen and oxygen atoms in total. The number of furan rings is 1. The quantitative estimate of drug-likeness (QED) is 0.817. The van der Waals surface area contributed by atoms with Crippen LogP contribution in [0.1, 0.15) is 29.7 Å².